The lowest BCUT2D eigenvalue weighted by Gasteiger charge is -2.15. The van der Waals surface area contributed by atoms with E-state index in [1.165, 1.54) is 11.1 Å². The maximum absolute atomic E-state index is 13.6. The third-order valence-corrected chi connectivity index (χ3v) is 3.86. The summed E-state index contributed by atoms with van der Waals surface area (Å²) in [5.74, 6) is -1.25. The molecule has 0 fully saturated rings. The molecule has 0 N–H and O–H groups in total. The summed E-state index contributed by atoms with van der Waals surface area (Å²) >= 11 is 3.15. The molecule has 1 aliphatic rings. The molecule has 0 bridgehead atoms. The van der Waals surface area contributed by atoms with Crippen LogP contribution in [0.5, 0.6) is 17.2 Å². The number of carbonyl (C=O) groups excluding carboxylic acids is 1. The molecule has 0 atom stereocenters. The first-order valence-corrected chi connectivity index (χ1v) is 9.38. The summed E-state index contributed by atoms with van der Waals surface area (Å²) in [5, 5.41) is 0. The molecule has 0 spiro atoms. The summed E-state index contributed by atoms with van der Waals surface area (Å²) in [6.07, 6.45) is 0.834. The van der Waals surface area contributed by atoms with Crippen LogP contribution in [0.3, 0.4) is 0 Å². The van der Waals surface area contributed by atoms with Gasteiger partial charge in [0.15, 0.2) is 11.5 Å². The van der Waals surface area contributed by atoms with Crippen molar-refractivity contribution in [2.45, 2.75) is 45.8 Å². The summed E-state index contributed by atoms with van der Waals surface area (Å²) in [7, 11) is 0. The molecule has 0 saturated carbocycles. The Bertz CT molecular complexity index is 676. The second kappa shape index (κ2) is 9.21. The van der Waals surface area contributed by atoms with E-state index in [9.17, 15) is 13.6 Å². The summed E-state index contributed by atoms with van der Waals surface area (Å²) < 4.78 is 47.2. The summed E-state index contributed by atoms with van der Waals surface area (Å²) in [5.41, 5.74) is 0.216. The molecule has 1 aromatic rings. The minimum Gasteiger partial charge on any atom is -0.492 e. The lowest BCUT2D eigenvalue weighted by Crippen LogP contribution is -2.26. The molecule has 5 nitrogen and oxygen atoms in total. The minimum atomic E-state index is -3.85. The van der Waals surface area contributed by atoms with Crippen molar-refractivity contribution in [3.8, 4) is 17.2 Å². The maximum Gasteiger partial charge on any atom is 0.586 e. The van der Waals surface area contributed by atoms with Gasteiger partial charge in [-0.05, 0) is 30.0 Å². The van der Waals surface area contributed by atoms with Gasteiger partial charge in [-0.1, -0.05) is 42.6 Å². The number of hydrogen-bond donors (Lipinski definition) is 0. The fourth-order valence-electron chi connectivity index (χ4n) is 2.32. The number of ether oxygens (including phenoxy) is 4. The van der Waals surface area contributed by atoms with E-state index in [1.807, 2.05) is 13.8 Å². The van der Waals surface area contributed by atoms with Crippen molar-refractivity contribution >= 4 is 28.0 Å². The van der Waals surface area contributed by atoms with Gasteiger partial charge in [0.25, 0.3) is 0 Å². The Morgan fingerprint density at radius 2 is 1.92 bits per heavy atom. The molecular weight excluding hydrogens is 414 g/mol. The maximum atomic E-state index is 13.6. The van der Waals surface area contributed by atoms with Crippen LogP contribution in [-0.2, 0) is 4.74 Å². The fraction of sp³-hybridized carbons (Fsp3) is 0.500. The quantitative estimate of drug-likeness (QED) is 0.378. The molecule has 26 heavy (non-hydrogen) atoms. The molecule has 0 amide bonds. The molecule has 0 unspecified atom stereocenters. The van der Waals surface area contributed by atoms with Gasteiger partial charge in [-0.25, -0.2) is 4.79 Å². The summed E-state index contributed by atoms with van der Waals surface area (Å²) in [6, 6.07) is 1.35. The van der Waals surface area contributed by atoms with E-state index in [0.717, 1.165) is 19.3 Å². The lowest BCUT2D eigenvalue weighted by molar-refractivity contribution is -0.286. The van der Waals surface area contributed by atoms with E-state index >= 15 is 0 Å². The average Bonchev–Trinajstić information content (AvgIpc) is 2.89. The Morgan fingerprint density at radius 3 is 2.58 bits per heavy atom. The zero-order valence-electron chi connectivity index (χ0n) is 14.6. The Hall–Kier alpha value is -1.83. The highest BCUT2D eigenvalue weighted by Gasteiger charge is 2.47. The molecule has 0 radical (unpaired) electrons. The van der Waals surface area contributed by atoms with Crippen LogP contribution in [0.1, 0.15) is 55.5 Å². The molecular formula is C18H21BrF2O5. The molecule has 0 saturated heterocycles. The van der Waals surface area contributed by atoms with Crippen molar-refractivity contribution in [1.82, 2.24) is 0 Å². The first kappa shape index (κ1) is 20.5. The van der Waals surface area contributed by atoms with Crippen LogP contribution in [0.15, 0.2) is 11.1 Å². The summed E-state index contributed by atoms with van der Waals surface area (Å²) in [4.78, 5) is 14.1. The van der Waals surface area contributed by atoms with Gasteiger partial charge in [0.1, 0.15) is 11.3 Å². The van der Waals surface area contributed by atoms with Gasteiger partial charge in [0.2, 0.25) is 0 Å². The second-order valence-corrected chi connectivity index (χ2v) is 6.18. The van der Waals surface area contributed by atoms with Gasteiger partial charge in [-0.3, -0.25) is 0 Å². The third-order valence-electron chi connectivity index (χ3n) is 3.60. The lowest BCUT2D eigenvalue weighted by atomic mass is 10.1. The number of carbonyl (C=O) groups is 1. The fourth-order valence-corrected chi connectivity index (χ4v) is 2.61. The monoisotopic (exact) mass is 434 g/mol. The molecule has 2 rings (SSSR count). The van der Waals surface area contributed by atoms with Crippen LogP contribution in [0.2, 0.25) is 0 Å². The topological polar surface area (TPSA) is 54.0 Å². The van der Waals surface area contributed by atoms with Crippen molar-refractivity contribution in [3.63, 3.8) is 0 Å². The van der Waals surface area contributed by atoms with E-state index in [4.69, 9.17) is 9.47 Å². The van der Waals surface area contributed by atoms with Crippen LogP contribution in [0.4, 0.5) is 8.78 Å². The smallest absolute Gasteiger partial charge is 0.492 e. The zero-order valence-corrected chi connectivity index (χ0v) is 16.2. The number of esters is 1. The van der Waals surface area contributed by atoms with E-state index in [-0.39, 0.29) is 29.4 Å². The van der Waals surface area contributed by atoms with E-state index in [1.54, 1.807) is 6.08 Å². The molecule has 144 valence electrons. The number of unbranched alkanes of at least 4 members (excludes halogenated alkanes) is 2. The van der Waals surface area contributed by atoms with Gasteiger partial charge in [-0.15, -0.1) is 8.78 Å². The zero-order chi connectivity index (χ0) is 19.2. The predicted octanol–water partition coefficient (Wildman–Crippen LogP) is 5.51. The second-order valence-electron chi connectivity index (χ2n) is 5.65. The Kier molecular flexibility index (Phi) is 7.25. The van der Waals surface area contributed by atoms with Crippen molar-refractivity contribution in [3.05, 3.63) is 22.2 Å². The minimum absolute atomic E-state index is 0.135. The van der Waals surface area contributed by atoms with Crippen molar-refractivity contribution in [1.29, 1.82) is 0 Å². The molecule has 1 aliphatic heterocycles. The van der Waals surface area contributed by atoms with E-state index in [0.29, 0.717) is 18.6 Å². The van der Waals surface area contributed by atoms with Gasteiger partial charge >= 0.3 is 12.3 Å². The number of fused-ring (bicyclic) bond motifs is 1. The van der Waals surface area contributed by atoms with Crippen LogP contribution < -0.4 is 14.2 Å². The van der Waals surface area contributed by atoms with E-state index < -0.39 is 12.3 Å². The third kappa shape index (κ3) is 4.87. The first-order chi connectivity index (χ1) is 12.4. The van der Waals surface area contributed by atoms with Gasteiger partial charge in [0, 0.05) is 5.56 Å². The molecule has 8 heteroatoms. The molecule has 1 aromatic carbocycles. The Balaban J connectivity index is 2.49. The first-order valence-electron chi connectivity index (χ1n) is 8.47. The molecule has 0 aromatic heterocycles. The van der Waals surface area contributed by atoms with Crippen molar-refractivity contribution in [2.24, 2.45) is 0 Å². The highest BCUT2D eigenvalue weighted by Crippen LogP contribution is 2.49. The standard InChI is InChI=1S/C18H21BrF2O5/c1-3-5-9-23-15-12(7-8-19)11-13-16(26-18(20,21)25-13)14(15)17(22)24-10-6-4-2/h7-8,11H,3-6,9-10H2,1-2H3/b8-7-. The molecule has 1 heterocycles. The Morgan fingerprint density at radius 1 is 1.23 bits per heavy atom. The number of alkyl halides is 2. The largest absolute Gasteiger partial charge is 0.586 e. The van der Waals surface area contributed by atoms with Gasteiger partial charge in [-0.2, -0.15) is 0 Å². The normalized spacial score (nSPS) is 14.7. The van der Waals surface area contributed by atoms with Gasteiger partial charge < -0.3 is 18.9 Å². The van der Waals surface area contributed by atoms with Crippen molar-refractivity contribution in [2.75, 3.05) is 13.2 Å². The SMILES string of the molecule is CCCCOC(=O)c1c(OCCCC)c(/C=C\Br)cc2c1OC(F)(F)O2. The van der Waals surface area contributed by atoms with Crippen molar-refractivity contribution < 1.29 is 32.5 Å². The summed E-state index contributed by atoms with van der Waals surface area (Å²) in [6.45, 7) is 4.44. The number of hydrogen-bond acceptors (Lipinski definition) is 5. The average molecular weight is 435 g/mol. The van der Waals surface area contributed by atoms with E-state index in [2.05, 4.69) is 25.4 Å². The number of halogens is 3. The number of rotatable bonds is 9. The van der Waals surface area contributed by atoms with Gasteiger partial charge in [0.05, 0.1) is 13.2 Å². The van der Waals surface area contributed by atoms with Crippen LogP contribution >= 0.6 is 15.9 Å². The molecule has 0 aliphatic carbocycles. The highest BCUT2D eigenvalue weighted by atomic mass is 79.9. The van der Waals surface area contributed by atoms with Crippen LogP contribution in [-0.4, -0.2) is 25.5 Å². The number of benzene rings is 1. The predicted molar refractivity (Wildman–Crippen MR) is 96.2 cm³/mol. The van der Waals surface area contributed by atoms with Crippen LogP contribution in [0, 0.1) is 0 Å². The van der Waals surface area contributed by atoms with Crippen LogP contribution in [0.25, 0.3) is 6.08 Å². The highest BCUT2D eigenvalue weighted by molar-refractivity contribution is 9.11. The Labute approximate surface area is 159 Å².